The molecule has 2 heterocycles. The highest BCUT2D eigenvalue weighted by Crippen LogP contribution is 2.36. The minimum Gasteiger partial charge on any atom is -0.460 e. The number of rotatable bonds is 6. The van der Waals surface area contributed by atoms with Gasteiger partial charge in [-0.2, -0.15) is 0 Å². The number of pyridine rings is 1. The van der Waals surface area contributed by atoms with E-state index < -0.39 is 6.10 Å². The van der Waals surface area contributed by atoms with E-state index in [-0.39, 0.29) is 17.6 Å². The third-order valence-electron chi connectivity index (χ3n) is 6.26. The number of aromatic nitrogens is 3. The number of aryl methyl sites for hydroxylation is 2. The van der Waals surface area contributed by atoms with Crippen LogP contribution in [0.25, 0.3) is 11.4 Å². The zero-order chi connectivity index (χ0) is 24.6. The van der Waals surface area contributed by atoms with Crippen LogP contribution in [0.3, 0.4) is 0 Å². The summed E-state index contributed by atoms with van der Waals surface area (Å²) in [6, 6.07) is 9.62. The summed E-state index contributed by atoms with van der Waals surface area (Å²) >= 11 is 0. The normalized spacial score (nSPS) is 16.8. The van der Waals surface area contributed by atoms with Crippen molar-refractivity contribution in [2.24, 2.45) is 0 Å². The molecular formula is C26H31N5O3. The van der Waals surface area contributed by atoms with Gasteiger partial charge in [-0.3, -0.25) is 14.2 Å². The van der Waals surface area contributed by atoms with E-state index >= 15 is 0 Å². The Morgan fingerprint density at radius 3 is 2.65 bits per heavy atom. The molecule has 1 aromatic carbocycles. The van der Waals surface area contributed by atoms with Gasteiger partial charge >= 0.3 is 5.97 Å². The fraction of sp³-hybridized carbons (Fsp3) is 0.385. The standard InChI is InChI=1S/C26H31N5O3/c1-7-31-25(20-14-27-22(30(5)6)12-15(20)2)28-16(3)23(26(31)33)29-24-19-11-9-8-10-18(19)13-21(24)34-17(4)32/h8-12,14,21,24,29H,7,13H2,1-6H3/t21-,24-/m0/s1. The van der Waals surface area contributed by atoms with Crippen LogP contribution in [0.15, 0.2) is 41.3 Å². The second-order valence-electron chi connectivity index (χ2n) is 8.87. The summed E-state index contributed by atoms with van der Waals surface area (Å²) < 4.78 is 7.27. The number of ether oxygens (including phenoxy) is 1. The van der Waals surface area contributed by atoms with Crippen molar-refractivity contribution >= 4 is 17.5 Å². The Labute approximate surface area is 199 Å². The number of carbonyl (C=O) groups is 1. The van der Waals surface area contributed by atoms with Crippen molar-refractivity contribution in [2.75, 3.05) is 24.3 Å². The second kappa shape index (κ2) is 9.29. The molecule has 1 aliphatic rings. The number of benzene rings is 1. The number of nitrogens with zero attached hydrogens (tertiary/aromatic N) is 4. The van der Waals surface area contributed by atoms with Gasteiger partial charge in [0.25, 0.3) is 5.56 Å². The summed E-state index contributed by atoms with van der Waals surface area (Å²) in [7, 11) is 3.88. The van der Waals surface area contributed by atoms with E-state index in [1.54, 1.807) is 10.8 Å². The number of anilines is 2. The number of hydrogen-bond acceptors (Lipinski definition) is 7. The van der Waals surface area contributed by atoms with Crippen LogP contribution in [0.2, 0.25) is 0 Å². The summed E-state index contributed by atoms with van der Waals surface area (Å²) in [5.74, 6) is 1.09. The Kier molecular flexibility index (Phi) is 6.41. The lowest BCUT2D eigenvalue weighted by Gasteiger charge is -2.24. The fourth-order valence-corrected chi connectivity index (χ4v) is 4.55. The molecule has 0 radical (unpaired) electrons. The van der Waals surface area contributed by atoms with Gasteiger partial charge in [0.1, 0.15) is 23.4 Å². The van der Waals surface area contributed by atoms with E-state index in [2.05, 4.69) is 10.3 Å². The van der Waals surface area contributed by atoms with Gasteiger partial charge in [-0.15, -0.1) is 0 Å². The monoisotopic (exact) mass is 461 g/mol. The zero-order valence-electron chi connectivity index (χ0n) is 20.5. The quantitative estimate of drug-likeness (QED) is 0.561. The Balaban J connectivity index is 1.77. The Hall–Kier alpha value is -3.68. The summed E-state index contributed by atoms with van der Waals surface area (Å²) in [5, 5.41) is 3.39. The van der Waals surface area contributed by atoms with Crippen LogP contribution in [0, 0.1) is 13.8 Å². The highest BCUT2D eigenvalue weighted by atomic mass is 16.5. The molecule has 2 atom stereocenters. The minimum absolute atomic E-state index is 0.160. The van der Waals surface area contributed by atoms with Crippen LogP contribution in [0.4, 0.5) is 11.5 Å². The summed E-state index contributed by atoms with van der Waals surface area (Å²) in [5.41, 5.74) is 4.79. The topological polar surface area (TPSA) is 89.3 Å². The third kappa shape index (κ3) is 4.27. The highest BCUT2D eigenvalue weighted by molar-refractivity contribution is 5.67. The van der Waals surface area contributed by atoms with Gasteiger partial charge in [0.15, 0.2) is 0 Å². The molecule has 0 unspecified atom stereocenters. The number of fused-ring (bicyclic) bond motifs is 1. The molecule has 0 amide bonds. The first-order valence-electron chi connectivity index (χ1n) is 11.5. The van der Waals surface area contributed by atoms with Gasteiger partial charge in [0, 0.05) is 45.7 Å². The Bertz CT molecular complexity index is 1300. The van der Waals surface area contributed by atoms with E-state index in [1.165, 1.54) is 6.92 Å². The van der Waals surface area contributed by atoms with Crippen LogP contribution >= 0.6 is 0 Å². The fourth-order valence-electron chi connectivity index (χ4n) is 4.55. The lowest BCUT2D eigenvalue weighted by Crippen LogP contribution is -2.32. The largest absolute Gasteiger partial charge is 0.460 e. The molecule has 0 fully saturated rings. The maximum atomic E-state index is 13.7. The Morgan fingerprint density at radius 2 is 2.00 bits per heavy atom. The van der Waals surface area contributed by atoms with Gasteiger partial charge in [0.2, 0.25) is 0 Å². The van der Waals surface area contributed by atoms with Gasteiger partial charge in [-0.05, 0) is 43.5 Å². The number of nitrogens with one attached hydrogen (secondary N) is 1. The number of hydrogen-bond donors (Lipinski definition) is 1. The van der Waals surface area contributed by atoms with Crippen molar-refractivity contribution in [1.82, 2.24) is 14.5 Å². The first kappa shape index (κ1) is 23.5. The first-order chi connectivity index (χ1) is 16.2. The molecule has 34 heavy (non-hydrogen) atoms. The lowest BCUT2D eigenvalue weighted by molar-refractivity contribution is -0.146. The van der Waals surface area contributed by atoms with E-state index in [9.17, 15) is 9.59 Å². The molecule has 0 aliphatic heterocycles. The van der Waals surface area contributed by atoms with E-state index in [0.29, 0.717) is 30.2 Å². The maximum Gasteiger partial charge on any atom is 0.302 e. The van der Waals surface area contributed by atoms with Crippen molar-refractivity contribution in [3.05, 3.63) is 69.3 Å². The molecule has 0 spiro atoms. The highest BCUT2D eigenvalue weighted by Gasteiger charge is 2.35. The molecule has 2 aromatic heterocycles. The molecule has 3 aromatic rings. The van der Waals surface area contributed by atoms with Crippen LogP contribution in [0.5, 0.6) is 0 Å². The number of carbonyl (C=O) groups excluding carboxylic acids is 1. The average Bonchev–Trinajstić information content (AvgIpc) is 3.12. The van der Waals surface area contributed by atoms with Crippen molar-refractivity contribution in [1.29, 1.82) is 0 Å². The van der Waals surface area contributed by atoms with Gasteiger partial charge in [-0.25, -0.2) is 9.97 Å². The molecule has 8 nitrogen and oxygen atoms in total. The molecule has 1 N–H and O–H groups in total. The van der Waals surface area contributed by atoms with Crippen LogP contribution in [0.1, 0.15) is 42.3 Å². The summed E-state index contributed by atoms with van der Waals surface area (Å²) in [6.07, 6.45) is 1.98. The lowest BCUT2D eigenvalue weighted by atomic mass is 10.1. The maximum absolute atomic E-state index is 13.7. The molecule has 178 valence electrons. The average molecular weight is 462 g/mol. The molecular weight excluding hydrogens is 430 g/mol. The van der Waals surface area contributed by atoms with E-state index in [1.807, 2.05) is 70.1 Å². The molecule has 0 saturated carbocycles. The Morgan fingerprint density at radius 1 is 1.26 bits per heavy atom. The molecule has 8 heteroatoms. The SMILES string of the molecule is CCn1c(-c2cnc(N(C)C)cc2C)nc(C)c(N[C@H]2c3ccccc3C[C@@H]2OC(C)=O)c1=O. The molecule has 0 bridgehead atoms. The van der Waals surface area contributed by atoms with Gasteiger partial charge in [-0.1, -0.05) is 24.3 Å². The molecule has 0 saturated heterocycles. The van der Waals surface area contributed by atoms with Crippen LogP contribution < -0.4 is 15.8 Å². The van der Waals surface area contributed by atoms with E-state index in [4.69, 9.17) is 9.72 Å². The molecule has 4 rings (SSSR count). The van der Waals surface area contributed by atoms with E-state index in [0.717, 1.165) is 28.1 Å². The number of esters is 1. The predicted molar refractivity (Wildman–Crippen MR) is 133 cm³/mol. The predicted octanol–water partition coefficient (Wildman–Crippen LogP) is 3.65. The van der Waals surface area contributed by atoms with Crippen LogP contribution in [-0.4, -0.2) is 40.7 Å². The summed E-state index contributed by atoms with van der Waals surface area (Å²) in [4.78, 5) is 36.7. The molecule has 1 aliphatic carbocycles. The van der Waals surface area contributed by atoms with Crippen molar-refractivity contribution in [3.8, 4) is 11.4 Å². The smallest absolute Gasteiger partial charge is 0.302 e. The van der Waals surface area contributed by atoms with Crippen molar-refractivity contribution in [3.63, 3.8) is 0 Å². The minimum atomic E-state index is -0.395. The van der Waals surface area contributed by atoms with Gasteiger partial charge < -0.3 is 15.0 Å². The third-order valence-corrected chi connectivity index (χ3v) is 6.26. The zero-order valence-corrected chi connectivity index (χ0v) is 20.5. The second-order valence-corrected chi connectivity index (χ2v) is 8.87. The van der Waals surface area contributed by atoms with Crippen molar-refractivity contribution < 1.29 is 9.53 Å². The van der Waals surface area contributed by atoms with Gasteiger partial charge in [0.05, 0.1) is 11.7 Å². The summed E-state index contributed by atoms with van der Waals surface area (Å²) in [6.45, 7) is 7.61. The first-order valence-corrected chi connectivity index (χ1v) is 11.5. The van der Waals surface area contributed by atoms with Crippen molar-refractivity contribution in [2.45, 2.75) is 52.8 Å². The van der Waals surface area contributed by atoms with Crippen LogP contribution in [-0.2, 0) is 22.5 Å².